The molecular weight excluding hydrogens is 406 g/mol. The second-order valence-corrected chi connectivity index (χ2v) is 8.38. The van der Waals surface area contributed by atoms with Crippen LogP contribution in [-0.4, -0.2) is 39.9 Å². The number of piperidine rings is 1. The van der Waals surface area contributed by atoms with Gasteiger partial charge in [-0.25, -0.2) is 9.59 Å². The van der Waals surface area contributed by atoms with E-state index in [4.69, 9.17) is 9.57 Å². The minimum atomic E-state index is -0.670. The van der Waals surface area contributed by atoms with Crippen LogP contribution in [0.2, 0.25) is 0 Å². The molecule has 3 heterocycles. The molecule has 2 aliphatic heterocycles. The molecule has 5 rings (SSSR count). The lowest BCUT2D eigenvalue weighted by Crippen LogP contribution is -2.33. The highest BCUT2D eigenvalue weighted by Crippen LogP contribution is 2.32. The number of likely N-dealkylation sites (tertiary alicyclic amines) is 1. The predicted molar refractivity (Wildman–Crippen MR) is 119 cm³/mol. The molecule has 0 N–H and O–H groups in total. The van der Waals surface area contributed by atoms with E-state index >= 15 is 0 Å². The summed E-state index contributed by atoms with van der Waals surface area (Å²) in [4.78, 5) is 33.1. The first kappa shape index (κ1) is 20.5. The monoisotopic (exact) mass is 431 g/mol. The van der Waals surface area contributed by atoms with Crippen molar-refractivity contribution in [2.24, 2.45) is 5.92 Å². The lowest BCUT2D eigenvalue weighted by molar-refractivity contribution is -0.140. The van der Waals surface area contributed by atoms with Crippen molar-refractivity contribution in [3.8, 4) is 5.75 Å². The maximum atomic E-state index is 12.0. The zero-order chi connectivity index (χ0) is 21.9. The molecule has 7 nitrogen and oxygen atoms in total. The van der Waals surface area contributed by atoms with Crippen molar-refractivity contribution >= 4 is 22.8 Å². The van der Waals surface area contributed by atoms with Crippen molar-refractivity contribution in [1.29, 1.82) is 0 Å². The normalized spacial score (nSPS) is 18.5. The summed E-state index contributed by atoms with van der Waals surface area (Å²) in [6.07, 6.45) is 6.12. The van der Waals surface area contributed by atoms with Gasteiger partial charge in [0, 0.05) is 18.7 Å². The number of ether oxygens (including phenoxy) is 1. The minimum Gasteiger partial charge on any atom is -0.423 e. The molecule has 1 aromatic heterocycles. The molecule has 4 bridgehead atoms. The summed E-state index contributed by atoms with van der Waals surface area (Å²) in [5.41, 5.74) is 2.75. The van der Waals surface area contributed by atoms with Crippen molar-refractivity contribution in [1.82, 2.24) is 14.8 Å². The van der Waals surface area contributed by atoms with Crippen LogP contribution in [0.4, 0.5) is 0 Å². The quantitative estimate of drug-likeness (QED) is 0.456. The van der Waals surface area contributed by atoms with Gasteiger partial charge in [-0.2, -0.15) is 0 Å². The molecule has 2 aliphatic rings. The van der Waals surface area contributed by atoms with E-state index in [2.05, 4.69) is 40.3 Å². The van der Waals surface area contributed by atoms with Crippen LogP contribution in [0.3, 0.4) is 0 Å². The van der Waals surface area contributed by atoms with Crippen molar-refractivity contribution < 1.29 is 19.2 Å². The van der Waals surface area contributed by atoms with E-state index in [9.17, 15) is 9.59 Å². The smallest absolute Gasteiger partial charge is 0.358 e. The Balaban J connectivity index is 1.28. The molecule has 3 aromatic rings. The Morgan fingerprint density at radius 1 is 0.938 bits per heavy atom. The van der Waals surface area contributed by atoms with Gasteiger partial charge in [0.1, 0.15) is 11.3 Å². The number of esters is 1. The van der Waals surface area contributed by atoms with Crippen LogP contribution < -0.4 is 9.57 Å². The number of carbonyl (C=O) groups is 2. The van der Waals surface area contributed by atoms with Gasteiger partial charge in [-0.05, 0) is 62.4 Å². The van der Waals surface area contributed by atoms with Gasteiger partial charge in [0.05, 0.1) is 11.1 Å². The van der Waals surface area contributed by atoms with E-state index in [1.807, 2.05) is 6.07 Å². The van der Waals surface area contributed by atoms with E-state index in [-0.39, 0.29) is 0 Å². The fourth-order valence-electron chi connectivity index (χ4n) is 4.52. The van der Waals surface area contributed by atoms with Crippen molar-refractivity contribution in [3.63, 3.8) is 0 Å². The largest absolute Gasteiger partial charge is 0.423 e. The molecule has 0 unspecified atom stereocenters. The van der Waals surface area contributed by atoms with Gasteiger partial charge < -0.3 is 9.57 Å². The van der Waals surface area contributed by atoms with E-state index in [0.717, 1.165) is 68.5 Å². The first-order valence-corrected chi connectivity index (χ1v) is 11.0. The number of hydrogen-bond acceptors (Lipinski definition) is 6. The molecule has 1 fully saturated rings. The average Bonchev–Trinajstić information content (AvgIpc) is 3.15. The lowest BCUT2D eigenvalue weighted by atomic mass is 9.91. The first-order valence-electron chi connectivity index (χ1n) is 11.0. The summed E-state index contributed by atoms with van der Waals surface area (Å²) in [5.74, 6) is -0.234. The van der Waals surface area contributed by atoms with Crippen LogP contribution in [0.25, 0.3) is 10.9 Å². The topological polar surface area (TPSA) is 73.7 Å². The van der Waals surface area contributed by atoms with Gasteiger partial charge in [-0.3, -0.25) is 4.90 Å². The SMILES string of the molecule is O=C1/C=C\C(=O)On2nc(CCC3CCN(Cc4ccccc4)CC3)c3c(cccc32)O1. The second-order valence-electron chi connectivity index (χ2n) is 8.38. The Labute approximate surface area is 186 Å². The standard InChI is InChI=1S/C25H25N3O4/c29-23-11-12-24(30)32-28-21-7-4-8-22(31-23)25(21)20(26-28)10-9-18-13-15-27(16-14-18)17-19-5-2-1-3-6-19/h1-8,11-12,18H,9-10,13-17H2/b12-11-. The van der Waals surface area contributed by atoms with E-state index in [0.29, 0.717) is 17.2 Å². The molecular formula is C25H25N3O4. The Morgan fingerprint density at radius 3 is 2.53 bits per heavy atom. The van der Waals surface area contributed by atoms with E-state index in [1.165, 1.54) is 10.4 Å². The highest BCUT2D eigenvalue weighted by Gasteiger charge is 2.23. The Bertz CT molecular complexity index is 1160. The third-order valence-electron chi connectivity index (χ3n) is 6.20. The highest BCUT2D eigenvalue weighted by molar-refractivity contribution is 5.97. The molecule has 0 spiro atoms. The number of aryl methyl sites for hydroxylation is 1. The number of aromatic nitrogens is 2. The fourth-order valence-corrected chi connectivity index (χ4v) is 4.52. The predicted octanol–water partition coefficient (Wildman–Crippen LogP) is 3.31. The van der Waals surface area contributed by atoms with Crippen molar-refractivity contribution in [2.75, 3.05) is 13.1 Å². The zero-order valence-electron chi connectivity index (χ0n) is 17.8. The van der Waals surface area contributed by atoms with Crippen LogP contribution in [-0.2, 0) is 22.6 Å². The minimum absolute atomic E-state index is 0.439. The second kappa shape index (κ2) is 8.96. The molecule has 32 heavy (non-hydrogen) atoms. The molecule has 2 aromatic carbocycles. The number of benzene rings is 2. The summed E-state index contributed by atoms with van der Waals surface area (Å²) in [6.45, 7) is 3.17. The number of nitrogens with zero attached hydrogens (tertiary/aromatic N) is 3. The molecule has 1 saturated heterocycles. The zero-order valence-corrected chi connectivity index (χ0v) is 17.8. The summed E-state index contributed by atoms with van der Waals surface area (Å²) < 4.78 is 5.47. The lowest BCUT2D eigenvalue weighted by Gasteiger charge is -2.32. The van der Waals surface area contributed by atoms with Crippen LogP contribution >= 0.6 is 0 Å². The Morgan fingerprint density at radius 2 is 1.72 bits per heavy atom. The van der Waals surface area contributed by atoms with Crippen LogP contribution in [0.5, 0.6) is 5.75 Å². The maximum absolute atomic E-state index is 12.0. The van der Waals surface area contributed by atoms with Crippen molar-refractivity contribution in [3.05, 3.63) is 71.9 Å². The summed E-state index contributed by atoms with van der Waals surface area (Å²) in [5, 5.41) is 5.26. The van der Waals surface area contributed by atoms with Crippen LogP contribution in [0.15, 0.2) is 60.7 Å². The van der Waals surface area contributed by atoms with E-state index < -0.39 is 11.9 Å². The summed E-state index contributed by atoms with van der Waals surface area (Å²) in [6, 6.07) is 15.9. The highest BCUT2D eigenvalue weighted by atomic mass is 16.7. The van der Waals surface area contributed by atoms with Gasteiger partial charge in [0.15, 0.2) is 0 Å². The molecule has 0 saturated carbocycles. The van der Waals surface area contributed by atoms with Gasteiger partial charge >= 0.3 is 11.9 Å². The average molecular weight is 431 g/mol. The molecule has 0 radical (unpaired) electrons. The van der Waals surface area contributed by atoms with Crippen molar-refractivity contribution in [2.45, 2.75) is 32.2 Å². The molecule has 0 atom stereocenters. The van der Waals surface area contributed by atoms with Gasteiger partial charge in [0.2, 0.25) is 0 Å². The van der Waals surface area contributed by atoms with Gasteiger partial charge in [0.25, 0.3) is 0 Å². The number of carbonyl (C=O) groups excluding carboxylic acids is 2. The number of rotatable bonds is 5. The van der Waals surface area contributed by atoms with Gasteiger partial charge in [-0.15, -0.1) is 5.10 Å². The van der Waals surface area contributed by atoms with Gasteiger partial charge in [-0.1, -0.05) is 41.2 Å². The third kappa shape index (κ3) is 4.43. The maximum Gasteiger partial charge on any atom is 0.358 e. The summed E-state index contributed by atoms with van der Waals surface area (Å²) >= 11 is 0. The molecule has 0 amide bonds. The Hall–Kier alpha value is -3.45. The Kier molecular flexibility index (Phi) is 5.73. The number of hydrogen-bond donors (Lipinski definition) is 0. The molecule has 164 valence electrons. The first-order chi connectivity index (χ1) is 15.7. The fraction of sp³-hybridized carbons (Fsp3) is 0.320. The van der Waals surface area contributed by atoms with Crippen LogP contribution in [0.1, 0.15) is 30.5 Å². The third-order valence-corrected chi connectivity index (χ3v) is 6.20. The van der Waals surface area contributed by atoms with E-state index in [1.54, 1.807) is 12.1 Å². The molecule has 0 aliphatic carbocycles. The van der Waals surface area contributed by atoms with Crippen LogP contribution in [0, 0.1) is 5.92 Å². The summed E-state index contributed by atoms with van der Waals surface area (Å²) in [7, 11) is 0. The molecule has 7 heteroatoms.